The molecule has 1 N–H and O–H groups in total. The molecule has 0 aromatic rings. The van der Waals surface area contributed by atoms with E-state index in [4.69, 9.17) is 9.47 Å². The van der Waals surface area contributed by atoms with Gasteiger partial charge in [-0.2, -0.15) is 26.3 Å². The predicted octanol–water partition coefficient (Wildman–Crippen LogP) is 4.36. The van der Waals surface area contributed by atoms with Gasteiger partial charge in [-0.15, -0.1) is 0 Å². The number of hydrogen-bond acceptors (Lipinski definition) is 3. The van der Waals surface area contributed by atoms with E-state index in [9.17, 15) is 26.3 Å². The van der Waals surface area contributed by atoms with Crippen LogP contribution < -0.4 is 5.32 Å². The van der Waals surface area contributed by atoms with Gasteiger partial charge in [0.05, 0.1) is 12.2 Å². The van der Waals surface area contributed by atoms with Gasteiger partial charge >= 0.3 is 12.4 Å². The Morgan fingerprint density at radius 1 is 0.600 bits per heavy atom. The molecule has 0 atom stereocenters. The molecule has 0 spiro atoms. The molecule has 0 aliphatic heterocycles. The average molecular weight is 377 g/mol. The average Bonchev–Trinajstić information content (AvgIpc) is 2.52. The van der Waals surface area contributed by atoms with Crippen LogP contribution in [0.2, 0.25) is 0 Å². The highest BCUT2D eigenvalue weighted by molar-refractivity contribution is 4.84. The van der Waals surface area contributed by atoms with Crippen molar-refractivity contribution in [3.63, 3.8) is 0 Å². The number of ether oxygens (including phenoxy) is 2. The number of hydrogen-bond donors (Lipinski definition) is 1. The summed E-state index contributed by atoms with van der Waals surface area (Å²) < 4.78 is 82.6. The van der Waals surface area contributed by atoms with E-state index < -0.39 is 25.6 Å². The third-order valence-corrected chi connectivity index (χ3v) is 4.79. The number of rotatable bonds is 6. The Morgan fingerprint density at radius 3 is 1.20 bits per heavy atom. The molecule has 0 aromatic carbocycles. The molecule has 0 heterocycles. The number of alkyl halides is 6. The monoisotopic (exact) mass is 377 g/mol. The molecule has 2 saturated carbocycles. The molecule has 2 aliphatic rings. The Labute approximate surface area is 143 Å². The zero-order valence-electron chi connectivity index (χ0n) is 14.0. The molecule has 2 rings (SSSR count). The standard InChI is InChI=1S/C16H25F6NO2/c17-15(18,19)9-24-13-5-1-11(2-6-13)23-12-3-7-14(8-4-12)25-10-16(20,21)22/h11-14,23H,1-10H2. The maximum atomic E-state index is 12.1. The summed E-state index contributed by atoms with van der Waals surface area (Å²) in [6, 6.07) is 0.478. The van der Waals surface area contributed by atoms with Gasteiger partial charge in [0.1, 0.15) is 13.2 Å². The Balaban J connectivity index is 1.59. The van der Waals surface area contributed by atoms with E-state index >= 15 is 0 Å². The van der Waals surface area contributed by atoms with E-state index in [0.29, 0.717) is 25.7 Å². The van der Waals surface area contributed by atoms with Crippen LogP contribution in [0, 0.1) is 0 Å². The first-order chi connectivity index (χ1) is 11.6. The van der Waals surface area contributed by atoms with E-state index in [0.717, 1.165) is 25.7 Å². The molecule has 25 heavy (non-hydrogen) atoms. The van der Waals surface area contributed by atoms with Gasteiger partial charge in [0, 0.05) is 12.1 Å². The quantitative estimate of drug-likeness (QED) is 0.698. The highest BCUT2D eigenvalue weighted by Crippen LogP contribution is 2.28. The number of nitrogens with one attached hydrogen (secondary N) is 1. The molecule has 0 saturated heterocycles. The minimum absolute atomic E-state index is 0.239. The van der Waals surface area contributed by atoms with Crippen LogP contribution in [-0.4, -0.2) is 49.9 Å². The van der Waals surface area contributed by atoms with Gasteiger partial charge in [-0.1, -0.05) is 0 Å². The Kier molecular flexibility index (Phi) is 7.40. The van der Waals surface area contributed by atoms with Crippen LogP contribution in [0.15, 0.2) is 0 Å². The van der Waals surface area contributed by atoms with Gasteiger partial charge in [-0.3, -0.25) is 0 Å². The van der Waals surface area contributed by atoms with Crippen molar-refractivity contribution in [2.45, 2.75) is 88.0 Å². The van der Waals surface area contributed by atoms with Crippen LogP contribution in [0.5, 0.6) is 0 Å². The Bertz CT molecular complexity index is 349. The van der Waals surface area contributed by atoms with E-state index in [2.05, 4.69) is 5.32 Å². The molecule has 0 radical (unpaired) electrons. The first-order valence-electron chi connectivity index (χ1n) is 8.73. The summed E-state index contributed by atoms with van der Waals surface area (Å²) in [6.45, 7) is -2.39. The molecule has 0 aromatic heterocycles. The minimum atomic E-state index is -4.29. The third kappa shape index (κ3) is 8.59. The molecule has 0 amide bonds. The summed E-state index contributed by atoms with van der Waals surface area (Å²) in [6.07, 6.45) is -3.85. The lowest BCUT2D eigenvalue weighted by Crippen LogP contribution is -2.44. The summed E-state index contributed by atoms with van der Waals surface area (Å²) >= 11 is 0. The van der Waals surface area contributed by atoms with Crippen LogP contribution >= 0.6 is 0 Å². The summed E-state index contributed by atoms with van der Waals surface area (Å²) in [5.74, 6) is 0. The third-order valence-electron chi connectivity index (χ3n) is 4.79. The summed E-state index contributed by atoms with van der Waals surface area (Å²) in [5, 5.41) is 3.49. The lowest BCUT2D eigenvalue weighted by molar-refractivity contribution is -0.188. The molecule has 2 aliphatic carbocycles. The second-order valence-electron chi connectivity index (χ2n) is 6.97. The SMILES string of the molecule is FC(F)(F)COC1CCC(NC2CCC(OCC(F)(F)F)CC2)CC1. The Morgan fingerprint density at radius 2 is 0.920 bits per heavy atom. The van der Waals surface area contributed by atoms with Crippen molar-refractivity contribution >= 4 is 0 Å². The Hall–Kier alpha value is -0.540. The smallest absolute Gasteiger partial charge is 0.369 e. The van der Waals surface area contributed by atoms with Gasteiger partial charge in [0.25, 0.3) is 0 Å². The van der Waals surface area contributed by atoms with Crippen LogP contribution in [0.1, 0.15) is 51.4 Å². The fourth-order valence-electron chi connectivity index (χ4n) is 3.55. The largest absolute Gasteiger partial charge is 0.411 e. The lowest BCUT2D eigenvalue weighted by Gasteiger charge is -2.35. The fraction of sp³-hybridized carbons (Fsp3) is 1.00. The fourth-order valence-corrected chi connectivity index (χ4v) is 3.55. The zero-order chi connectivity index (χ0) is 18.5. The maximum absolute atomic E-state index is 12.1. The van der Waals surface area contributed by atoms with Crippen molar-refractivity contribution in [1.29, 1.82) is 0 Å². The normalized spacial score (nSPS) is 31.9. The predicted molar refractivity (Wildman–Crippen MR) is 79.2 cm³/mol. The first kappa shape index (κ1) is 20.8. The van der Waals surface area contributed by atoms with Crippen molar-refractivity contribution < 1.29 is 35.8 Å². The molecule has 3 nitrogen and oxygen atoms in total. The van der Waals surface area contributed by atoms with E-state index in [-0.39, 0.29) is 24.3 Å². The molecular weight excluding hydrogens is 352 g/mol. The zero-order valence-corrected chi connectivity index (χ0v) is 14.0. The van der Waals surface area contributed by atoms with Crippen molar-refractivity contribution in [3.05, 3.63) is 0 Å². The van der Waals surface area contributed by atoms with Crippen LogP contribution in [-0.2, 0) is 9.47 Å². The maximum Gasteiger partial charge on any atom is 0.411 e. The molecule has 2 fully saturated rings. The highest BCUT2D eigenvalue weighted by atomic mass is 19.4. The van der Waals surface area contributed by atoms with Crippen LogP contribution in [0.4, 0.5) is 26.3 Å². The van der Waals surface area contributed by atoms with Crippen molar-refractivity contribution in [3.8, 4) is 0 Å². The first-order valence-corrected chi connectivity index (χ1v) is 8.73. The summed E-state index contributed by atoms with van der Waals surface area (Å²) in [4.78, 5) is 0. The van der Waals surface area contributed by atoms with Gasteiger partial charge in [0.2, 0.25) is 0 Å². The van der Waals surface area contributed by atoms with Gasteiger partial charge < -0.3 is 14.8 Å². The molecule has 148 valence electrons. The summed E-state index contributed by atoms with van der Waals surface area (Å²) in [7, 11) is 0. The molecule has 9 heteroatoms. The number of halogens is 6. The molecule has 0 bridgehead atoms. The molecular formula is C16H25F6NO2. The van der Waals surface area contributed by atoms with E-state index in [1.807, 2.05) is 0 Å². The van der Waals surface area contributed by atoms with Crippen molar-refractivity contribution in [2.75, 3.05) is 13.2 Å². The second-order valence-corrected chi connectivity index (χ2v) is 6.97. The highest BCUT2D eigenvalue weighted by Gasteiger charge is 2.33. The van der Waals surface area contributed by atoms with Gasteiger partial charge in [-0.05, 0) is 51.4 Å². The molecule has 0 unspecified atom stereocenters. The van der Waals surface area contributed by atoms with Crippen LogP contribution in [0.3, 0.4) is 0 Å². The van der Waals surface area contributed by atoms with Crippen molar-refractivity contribution in [1.82, 2.24) is 5.32 Å². The van der Waals surface area contributed by atoms with Gasteiger partial charge in [0.15, 0.2) is 0 Å². The van der Waals surface area contributed by atoms with Crippen molar-refractivity contribution in [2.24, 2.45) is 0 Å². The topological polar surface area (TPSA) is 30.5 Å². The lowest BCUT2D eigenvalue weighted by atomic mass is 9.88. The van der Waals surface area contributed by atoms with E-state index in [1.165, 1.54) is 0 Å². The summed E-state index contributed by atoms with van der Waals surface area (Å²) in [5.41, 5.74) is 0. The van der Waals surface area contributed by atoms with Crippen LogP contribution in [0.25, 0.3) is 0 Å². The van der Waals surface area contributed by atoms with E-state index in [1.54, 1.807) is 0 Å². The minimum Gasteiger partial charge on any atom is -0.369 e. The van der Waals surface area contributed by atoms with Gasteiger partial charge in [-0.25, -0.2) is 0 Å². The second kappa shape index (κ2) is 8.90.